The largest absolute Gasteiger partial charge is 0.374 e. The van der Waals surface area contributed by atoms with Crippen LogP contribution in [-0.4, -0.2) is 26.1 Å². The van der Waals surface area contributed by atoms with Gasteiger partial charge in [-0.15, -0.1) is 0 Å². The third kappa shape index (κ3) is 2.69. The van der Waals surface area contributed by atoms with E-state index in [0.29, 0.717) is 17.2 Å². The number of ketones is 1. The van der Waals surface area contributed by atoms with Crippen LogP contribution in [0, 0.1) is 11.3 Å². The molecule has 5 rings (SSSR count). The van der Waals surface area contributed by atoms with E-state index in [-0.39, 0.29) is 16.1 Å². The lowest BCUT2D eigenvalue weighted by Crippen LogP contribution is -2.68. The molecule has 4 atom stereocenters. The quantitative estimate of drug-likeness (QED) is 0.611. The molecular formula is C28H36O2Si. The van der Waals surface area contributed by atoms with Gasteiger partial charge in [0.2, 0.25) is 0 Å². The van der Waals surface area contributed by atoms with Crippen molar-refractivity contribution >= 4 is 24.2 Å². The van der Waals surface area contributed by atoms with E-state index in [1.807, 2.05) is 0 Å². The van der Waals surface area contributed by atoms with Gasteiger partial charge in [-0.3, -0.25) is 4.79 Å². The minimum Gasteiger partial charge on any atom is -0.374 e. The lowest BCUT2D eigenvalue weighted by atomic mass is 9.63. The van der Waals surface area contributed by atoms with Gasteiger partial charge in [0, 0.05) is 13.0 Å². The normalized spacial score (nSPS) is 33.2. The van der Waals surface area contributed by atoms with E-state index in [4.69, 9.17) is 4.74 Å². The lowest BCUT2D eigenvalue weighted by molar-refractivity contribution is -0.156. The van der Waals surface area contributed by atoms with Crippen LogP contribution in [0.5, 0.6) is 0 Å². The van der Waals surface area contributed by atoms with E-state index >= 15 is 0 Å². The highest BCUT2D eigenvalue weighted by atomic mass is 28.3. The van der Waals surface area contributed by atoms with Gasteiger partial charge in [-0.05, 0) is 49.1 Å². The summed E-state index contributed by atoms with van der Waals surface area (Å²) in [7, 11) is -2.27. The first kappa shape index (κ1) is 21.1. The zero-order chi connectivity index (χ0) is 21.9. The van der Waals surface area contributed by atoms with Crippen LogP contribution in [0.25, 0.3) is 0 Å². The summed E-state index contributed by atoms with van der Waals surface area (Å²) in [6, 6.07) is 22.6. The Morgan fingerprint density at radius 3 is 2.06 bits per heavy atom. The van der Waals surface area contributed by atoms with Crippen molar-refractivity contribution in [2.45, 2.75) is 76.0 Å². The van der Waals surface area contributed by atoms with Crippen LogP contribution < -0.4 is 10.4 Å². The Balaban J connectivity index is 1.74. The number of hydrogen-bond acceptors (Lipinski definition) is 2. The van der Waals surface area contributed by atoms with Crippen LogP contribution in [0.15, 0.2) is 60.7 Å². The molecule has 0 aromatic heterocycles. The van der Waals surface area contributed by atoms with E-state index in [1.54, 1.807) is 0 Å². The summed E-state index contributed by atoms with van der Waals surface area (Å²) in [4.78, 5) is 13.2. The molecule has 2 aliphatic carbocycles. The van der Waals surface area contributed by atoms with Gasteiger partial charge in [-0.25, -0.2) is 0 Å². The molecule has 3 aliphatic rings. The summed E-state index contributed by atoms with van der Waals surface area (Å²) < 4.78 is 6.91. The van der Waals surface area contributed by atoms with Crippen LogP contribution in [0.1, 0.15) is 59.8 Å². The molecule has 1 spiro atoms. The SMILES string of the molecule is CC(C)(C)[Si](c1ccccc1)(c1ccccc1)[C@H]1CO[C@@]23CCCC(=O)[C@]2(C)CC[C@@H]13. The van der Waals surface area contributed by atoms with Crippen LogP contribution in [-0.2, 0) is 9.53 Å². The number of carbonyl (C=O) groups is 1. The highest BCUT2D eigenvalue weighted by Gasteiger charge is 2.71. The Bertz CT molecular complexity index is 924. The molecule has 2 nitrogen and oxygen atoms in total. The van der Waals surface area contributed by atoms with Crippen LogP contribution in [0.3, 0.4) is 0 Å². The van der Waals surface area contributed by atoms with Gasteiger partial charge in [0.25, 0.3) is 0 Å². The molecule has 0 unspecified atom stereocenters. The number of carbonyl (C=O) groups excluding carboxylic acids is 1. The fourth-order valence-corrected chi connectivity index (χ4v) is 14.8. The van der Waals surface area contributed by atoms with Crippen LogP contribution in [0.2, 0.25) is 10.6 Å². The van der Waals surface area contributed by atoms with Crippen molar-refractivity contribution in [2.24, 2.45) is 11.3 Å². The van der Waals surface area contributed by atoms with E-state index in [1.165, 1.54) is 10.4 Å². The van der Waals surface area contributed by atoms with Crippen LogP contribution >= 0.6 is 0 Å². The maximum atomic E-state index is 13.2. The molecule has 0 N–H and O–H groups in total. The Kier molecular flexibility index (Phi) is 4.88. The maximum absolute atomic E-state index is 13.2. The van der Waals surface area contributed by atoms with Crippen molar-refractivity contribution < 1.29 is 9.53 Å². The average Bonchev–Trinajstić information content (AvgIpc) is 3.26. The molecule has 0 bridgehead atoms. The number of rotatable bonds is 3. The van der Waals surface area contributed by atoms with E-state index in [9.17, 15) is 4.79 Å². The highest BCUT2D eigenvalue weighted by Crippen LogP contribution is 2.67. The first-order valence-corrected chi connectivity index (χ1v) is 14.1. The van der Waals surface area contributed by atoms with E-state index < -0.39 is 8.07 Å². The molecule has 31 heavy (non-hydrogen) atoms. The van der Waals surface area contributed by atoms with Crippen molar-refractivity contribution in [3.8, 4) is 0 Å². The molecular weight excluding hydrogens is 396 g/mol. The molecule has 2 saturated carbocycles. The Morgan fingerprint density at radius 1 is 0.935 bits per heavy atom. The molecule has 0 radical (unpaired) electrons. The molecule has 1 heterocycles. The minimum atomic E-state index is -2.27. The second kappa shape index (κ2) is 7.15. The molecule has 1 saturated heterocycles. The van der Waals surface area contributed by atoms with Crippen molar-refractivity contribution in [3.63, 3.8) is 0 Å². The maximum Gasteiger partial charge on any atom is 0.141 e. The predicted molar refractivity (Wildman–Crippen MR) is 130 cm³/mol. The van der Waals surface area contributed by atoms with E-state index in [2.05, 4.69) is 88.4 Å². The molecule has 1 aliphatic heterocycles. The predicted octanol–water partition coefficient (Wildman–Crippen LogP) is 5.36. The molecule has 2 aromatic carbocycles. The van der Waals surface area contributed by atoms with Crippen molar-refractivity contribution in [2.75, 3.05) is 6.61 Å². The van der Waals surface area contributed by atoms with Gasteiger partial charge in [0.15, 0.2) is 0 Å². The van der Waals surface area contributed by atoms with Gasteiger partial charge in [-0.2, -0.15) is 0 Å². The third-order valence-electron chi connectivity index (χ3n) is 9.26. The second-order valence-electron chi connectivity index (χ2n) is 11.4. The summed E-state index contributed by atoms with van der Waals surface area (Å²) in [6.45, 7) is 10.4. The topological polar surface area (TPSA) is 26.3 Å². The number of ether oxygens (including phenoxy) is 1. The summed E-state index contributed by atoms with van der Waals surface area (Å²) in [5, 5.41) is 3.14. The molecule has 164 valence electrons. The first-order chi connectivity index (χ1) is 14.8. The standard InChI is InChI=1S/C28H36O2Si/c1-26(2,3)31(21-12-7-5-8-13-21,22-14-9-6-10-15-22)24-20-30-28-18-11-16-25(29)27(28,4)19-17-23(24)28/h5-10,12-15,23-24H,11,16-20H2,1-4H3/t23-,24-,27-,28+/m0/s1. The van der Waals surface area contributed by atoms with Gasteiger partial charge in [0.05, 0.1) is 11.0 Å². The van der Waals surface area contributed by atoms with Gasteiger partial charge < -0.3 is 4.74 Å². The number of hydrogen-bond donors (Lipinski definition) is 0. The monoisotopic (exact) mass is 432 g/mol. The smallest absolute Gasteiger partial charge is 0.141 e. The Morgan fingerprint density at radius 2 is 1.52 bits per heavy atom. The lowest BCUT2D eigenvalue weighted by Gasteiger charge is -2.51. The first-order valence-electron chi connectivity index (χ1n) is 12.1. The highest BCUT2D eigenvalue weighted by molar-refractivity contribution is 7.05. The van der Waals surface area contributed by atoms with E-state index in [0.717, 1.165) is 38.7 Å². The molecule has 0 amide bonds. The van der Waals surface area contributed by atoms with Gasteiger partial charge in [0.1, 0.15) is 13.9 Å². The number of benzene rings is 2. The number of Topliss-reactive ketones (excluding diaryl/α,β-unsaturated/α-hetero) is 1. The van der Waals surface area contributed by atoms with Gasteiger partial charge >= 0.3 is 0 Å². The van der Waals surface area contributed by atoms with Crippen molar-refractivity contribution in [1.29, 1.82) is 0 Å². The summed E-state index contributed by atoms with van der Waals surface area (Å²) >= 11 is 0. The average molecular weight is 433 g/mol. The summed E-state index contributed by atoms with van der Waals surface area (Å²) in [6.07, 6.45) is 4.88. The van der Waals surface area contributed by atoms with Crippen LogP contribution in [0.4, 0.5) is 0 Å². The minimum absolute atomic E-state index is 0.118. The fraction of sp³-hybridized carbons (Fsp3) is 0.536. The second-order valence-corrected chi connectivity index (χ2v) is 16.4. The third-order valence-corrected chi connectivity index (χ3v) is 15.8. The zero-order valence-corrected chi connectivity index (χ0v) is 20.5. The summed E-state index contributed by atoms with van der Waals surface area (Å²) in [5.41, 5.74) is -0.0686. The molecule has 3 heteroatoms. The Labute approximate surface area is 188 Å². The van der Waals surface area contributed by atoms with Gasteiger partial charge in [-0.1, -0.05) is 91.8 Å². The molecule has 3 fully saturated rings. The van der Waals surface area contributed by atoms with Crippen molar-refractivity contribution in [3.05, 3.63) is 60.7 Å². The Hall–Kier alpha value is -1.71. The zero-order valence-electron chi connectivity index (χ0n) is 19.5. The van der Waals surface area contributed by atoms with Crippen molar-refractivity contribution in [1.82, 2.24) is 0 Å². The summed E-state index contributed by atoms with van der Waals surface area (Å²) in [5.74, 6) is 0.914. The fourth-order valence-electron chi connectivity index (χ4n) is 7.99. The molecule has 2 aromatic rings.